The molecule has 4 rings (SSSR count). The fourth-order valence-corrected chi connectivity index (χ4v) is 5.65. The molecule has 5 nitrogen and oxygen atoms in total. The summed E-state index contributed by atoms with van der Waals surface area (Å²) in [6.07, 6.45) is 3.42. The molecule has 0 N–H and O–H groups in total. The number of rotatable bonds is 12. The molecule has 0 aliphatic carbocycles. The molecule has 0 unspecified atom stereocenters. The monoisotopic (exact) mass is 563 g/mol. The molecule has 0 saturated carbocycles. The molecule has 0 amide bonds. The second-order valence-corrected chi connectivity index (χ2v) is 11.7. The first-order valence-electron chi connectivity index (χ1n) is 13.8. The fraction of sp³-hybridized carbons (Fsp3) is 0.394. The number of nitrogens with zero attached hydrogens (tertiary/aromatic N) is 1. The highest BCUT2D eigenvalue weighted by Crippen LogP contribution is 2.33. The number of Topliss-reactive ketones (excluding diaryl/α,β-unsaturated/α-hetero) is 1. The quantitative estimate of drug-likeness (QED) is 0.137. The van der Waals surface area contributed by atoms with Crippen LogP contribution in [0.3, 0.4) is 0 Å². The molecule has 212 valence electrons. The average Bonchev–Trinajstić information content (AvgIpc) is 3.35. The van der Waals surface area contributed by atoms with Crippen LogP contribution in [-0.4, -0.2) is 48.2 Å². The number of esters is 1. The van der Waals surface area contributed by atoms with Crippen LogP contribution in [0.15, 0.2) is 77.7 Å². The fourth-order valence-electron chi connectivity index (χ4n) is 5.25. The van der Waals surface area contributed by atoms with Crippen LogP contribution < -0.4 is 4.74 Å². The van der Waals surface area contributed by atoms with Gasteiger partial charge in [0.25, 0.3) is 0 Å². The van der Waals surface area contributed by atoms with Crippen molar-refractivity contribution in [1.29, 1.82) is 0 Å². The Bertz CT molecular complexity index is 1300. The second kappa shape index (κ2) is 13.5. The Labute approximate surface area is 241 Å². The second-order valence-electron chi connectivity index (χ2n) is 10.8. The van der Waals surface area contributed by atoms with Gasteiger partial charge in [-0.2, -0.15) is 0 Å². The first-order valence-corrected chi connectivity index (χ1v) is 15.0. The number of carbonyl (C=O) groups excluding carboxylic acids is 2. The van der Waals surface area contributed by atoms with E-state index in [9.17, 15) is 14.0 Å². The molecule has 0 bridgehead atoms. The summed E-state index contributed by atoms with van der Waals surface area (Å²) < 4.78 is 25.7. The average molecular weight is 564 g/mol. The van der Waals surface area contributed by atoms with Gasteiger partial charge in [-0.1, -0.05) is 48.5 Å². The molecular formula is C33H38FNO4S. The van der Waals surface area contributed by atoms with Crippen molar-refractivity contribution in [3.8, 4) is 5.75 Å². The van der Waals surface area contributed by atoms with Crippen LogP contribution in [0.4, 0.5) is 4.39 Å². The normalized spacial score (nSPS) is 17.5. The maximum Gasteiger partial charge on any atom is 0.349 e. The van der Waals surface area contributed by atoms with Crippen LogP contribution in [-0.2, 0) is 22.5 Å². The van der Waals surface area contributed by atoms with Gasteiger partial charge in [0.1, 0.15) is 0 Å². The molecule has 0 radical (unpaired) electrons. The predicted molar refractivity (Wildman–Crippen MR) is 157 cm³/mol. The first-order chi connectivity index (χ1) is 19.2. The van der Waals surface area contributed by atoms with Gasteiger partial charge in [0.05, 0.1) is 6.61 Å². The summed E-state index contributed by atoms with van der Waals surface area (Å²) in [5, 5.41) is 0. The van der Waals surface area contributed by atoms with Crippen molar-refractivity contribution in [1.82, 2.24) is 4.90 Å². The van der Waals surface area contributed by atoms with Gasteiger partial charge in [0, 0.05) is 36.0 Å². The maximum absolute atomic E-state index is 15.0. The number of aryl methyl sites for hydroxylation is 1. The van der Waals surface area contributed by atoms with Crippen molar-refractivity contribution in [2.75, 3.05) is 26.0 Å². The molecule has 1 aliphatic rings. The lowest BCUT2D eigenvalue weighted by Crippen LogP contribution is -2.40. The Balaban J connectivity index is 1.46. The van der Waals surface area contributed by atoms with Crippen LogP contribution in [0.25, 0.3) is 0 Å². The van der Waals surface area contributed by atoms with Crippen LogP contribution in [0, 0.1) is 17.7 Å². The lowest BCUT2D eigenvalue weighted by atomic mass is 9.85. The van der Waals surface area contributed by atoms with Crippen LogP contribution >= 0.6 is 11.8 Å². The standard InChI is InChI=1S/C33H38FNO4S/c1-5-38-32(37)33(2,3)39-30-18-12-23(19-29(30)34)11-13-26-21-35(20-24-9-7-6-8-10-24)22-28(26)31(36)25-14-16-27(40-4)17-15-25/h6-10,12,14-19,26,28H,5,11,13,20-22H2,1-4H3/t26-,28-/m0/s1. The highest BCUT2D eigenvalue weighted by Gasteiger charge is 2.37. The molecule has 7 heteroatoms. The van der Waals surface area contributed by atoms with Gasteiger partial charge in [-0.05, 0) is 81.2 Å². The van der Waals surface area contributed by atoms with E-state index in [-0.39, 0.29) is 30.0 Å². The number of halogens is 1. The molecule has 3 aromatic rings. The third-order valence-corrected chi connectivity index (χ3v) is 8.15. The zero-order valence-electron chi connectivity index (χ0n) is 23.7. The lowest BCUT2D eigenvalue weighted by Gasteiger charge is -2.24. The minimum absolute atomic E-state index is 0.0125. The van der Waals surface area contributed by atoms with E-state index in [2.05, 4.69) is 17.0 Å². The molecule has 3 aromatic carbocycles. The van der Waals surface area contributed by atoms with Crippen molar-refractivity contribution in [3.63, 3.8) is 0 Å². The smallest absolute Gasteiger partial charge is 0.349 e. The Morgan fingerprint density at radius 3 is 2.38 bits per heavy atom. The van der Waals surface area contributed by atoms with E-state index in [1.807, 2.05) is 54.8 Å². The van der Waals surface area contributed by atoms with Gasteiger partial charge in [-0.25, -0.2) is 9.18 Å². The van der Waals surface area contributed by atoms with Crippen LogP contribution in [0.5, 0.6) is 5.75 Å². The van der Waals surface area contributed by atoms with Gasteiger partial charge in [-0.3, -0.25) is 9.69 Å². The lowest BCUT2D eigenvalue weighted by molar-refractivity contribution is -0.158. The Morgan fingerprint density at radius 2 is 1.73 bits per heavy atom. The number of carbonyl (C=O) groups is 2. The third-order valence-electron chi connectivity index (χ3n) is 7.41. The topological polar surface area (TPSA) is 55.8 Å². The summed E-state index contributed by atoms with van der Waals surface area (Å²) in [5.41, 5.74) is 1.50. The van der Waals surface area contributed by atoms with Gasteiger partial charge >= 0.3 is 5.97 Å². The number of likely N-dealkylation sites (tertiary alicyclic amines) is 1. The first kappa shape index (κ1) is 29.8. The predicted octanol–water partition coefficient (Wildman–Crippen LogP) is 6.83. The number of hydrogen-bond donors (Lipinski definition) is 0. The Morgan fingerprint density at radius 1 is 1.00 bits per heavy atom. The minimum Gasteiger partial charge on any atom is -0.473 e. The van der Waals surface area contributed by atoms with Crippen LogP contribution in [0.1, 0.15) is 48.7 Å². The molecule has 1 heterocycles. The zero-order chi connectivity index (χ0) is 28.7. The summed E-state index contributed by atoms with van der Waals surface area (Å²) in [7, 11) is 0. The molecule has 1 fully saturated rings. The number of ketones is 1. The number of hydrogen-bond acceptors (Lipinski definition) is 6. The van der Waals surface area contributed by atoms with Gasteiger partial charge in [-0.15, -0.1) is 11.8 Å². The van der Waals surface area contributed by atoms with Gasteiger partial charge < -0.3 is 9.47 Å². The Kier molecular flexibility index (Phi) is 10.0. The maximum atomic E-state index is 15.0. The molecule has 0 aromatic heterocycles. The number of thioether (sulfide) groups is 1. The summed E-state index contributed by atoms with van der Waals surface area (Å²) in [6.45, 7) is 7.37. The number of benzene rings is 3. The van der Waals surface area contributed by atoms with Gasteiger partial charge in [0.2, 0.25) is 0 Å². The Hall–Kier alpha value is -3.16. The van der Waals surface area contributed by atoms with Crippen molar-refractivity contribution >= 4 is 23.5 Å². The highest BCUT2D eigenvalue weighted by molar-refractivity contribution is 7.98. The van der Waals surface area contributed by atoms with E-state index in [4.69, 9.17) is 9.47 Å². The zero-order valence-corrected chi connectivity index (χ0v) is 24.5. The molecule has 40 heavy (non-hydrogen) atoms. The highest BCUT2D eigenvalue weighted by atomic mass is 32.2. The summed E-state index contributed by atoms with van der Waals surface area (Å²) in [4.78, 5) is 29.3. The van der Waals surface area contributed by atoms with E-state index in [0.717, 1.165) is 35.5 Å². The van der Waals surface area contributed by atoms with E-state index < -0.39 is 17.4 Å². The van der Waals surface area contributed by atoms with Crippen LogP contribution in [0.2, 0.25) is 0 Å². The third kappa shape index (κ3) is 7.52. The molecule has 1 aliphatic heterocycles. The number of ether oxygens (including phenoxy) is 2. The summed E-state index contributed by atoms with van der Waals surface area (Å²) in [5.74, 6) is -0.852. The largest absolute Gasteiger partial charge is 0.473 e. The summed E-state index contributed by atoms with van der Waals surface area (Å²) in [6, 6.07) is 23.0. The van der Waals surface area contributed by atoms with Crippen molar-refractivity contribution in [2.24, 2.45) is 11.8 Å². The van der Waals surface area contributed by atoms with E-state index >= 15 is 0 Å². The molecule has 0 spiro atoms. The van der Waals surface area contributed by atoms with Crippen molar-refractivity contribution < 1.29 is 23.5 Å². The molecule has 1 saturated heterocycles. The van der Waals surface area contributed by atoms with E-state index in [1.54, 1.807) is 38.6 Å². The molecular weight excluding hydrogens is 525 g/mol. The SMILES string of the molecule is CCOC(=O)C(C)(C)Oc1ccc(CC[C@H]2CN(Cc3ccccc3)C[C@@H]2C(=O)c2ccc(SC)cc2)cc1F. The van der Waals surface area contributed by atoms with E-state index in [1.165, 1.54) is 11.6 Å². The molecule has 2 atom stereocenters. The van der Waals surface area contributed by atoms with Crippen molar-refractivity contribution in [3.05, 3.63) is 95.3 Å². The minimum atomic E-state index is -1.30. The van der Waals surface area contributed by atoms with E-state index in [0.29, 0.717) is 13.0 Å². The van der Waals surface area contributed by atoms with Gasteiger partial charge in [0.15, 0.2) is 23.0 Å². The van der Waals surface area contributed by atoms with Crippen molar-refractivity contribution in [2.45, 2.75) is 50.7 Å². The summed E-state index contributed by atoms with van der Waals surface area (Å²) >= 11 is 1.66.